The minimum absolute atomic E-state index is 0.0464. The standard InChI is InChI=1S/C66H96F2N10O10/c1-7-48-32-49(30-43(6)77(48)27-21-50(45-11-9-8-10-12-45)73-63(84)46-17-22-64(67,68)23-18-46)78-54(74-75-62(78)40(2)3)20-26-69-55(80)36-86-37-56(81)70-33-41(4)29-42(5)34-71-57(82)38-87-39-58(83)72-51-19-24-66(85)53-31-47-15-16-52(79)60-59(47)65(66,61(51)88-60)25-28-76(53)35-44-13-14-44/h8-12,15-16,40-44,46,48-51,53,61,79,85H,7,13-14,17-39H2,1-6H3,(H,69,80)(H,70,81)(H,71,82)(H,72,83)(H,73,84)/t41?,42?,43?,48?,49?,50-,51?,53+,61-,65-,66+/m0/s1. The molecule has 7 N–H and O–H groups in total. The number of aromatic hydroxyl groups is 1. The van der Waals surface area contributed by atoms with Crippen molar-refractivity contribution in [2.75, 3.05) is 65.7 Å². The lowest BCUT2D eigenvalue weighted by Gasteiger charge is -2.64. The van der Waals surface area contributed by atoms with E-state index >= 15 is 0 Å². The maximum atomic E-state index is 13.9. The normalized spacial score (nSPS) is 27.6. The van der Waals surface area contributed by atoms with Gasteiger partial charge in [0, 0.05) is 93.6 Å². The molecular weight excluding hydrogens is 1130 g/mol. The van der Waals surface area contributed by atoms with Gasteiger partial charge in [-0.15, -0.1) is 10.2 Å². The molecule has 20 nitrogen and oxygen atoms in total. The third-order valence-corrected chi connectivity index (χ3v) is 20.4. The number of ether oxygens (including phenoxy) is 3. The number of rotatable bonds is 29. The van der Waals surface area contributed by atoms with Crippen LogP contribution in [0, 0.1) is 23.7 Å². The topological polar surface area (TPSA) is 251 Å². The highest BCUT2D eigenvalue weighted by molar-refractivity contribution is 5.81. The molecule has 2 bridgehead atoms. The molecule has 88 heavy (non-hydrogen) atoms. The first-order chi connectivity index (χ1) is 42.2. The summed E-state index contributed by atoms with van der Waals surface area (Å²) in [4.78, 5) is 70.3. The van der Waals surface area contributed by atoms with E-state index in [1.54, 1.807) is 6.07 Å². The summed E-state index contributed by atoms with van der Waals surface area (Å²) in [6, 6.07) is 13.4. The van der Waals surface area contributed by atoms with E-state index in [1.165, 1.54) is 12.8 Å². The van der Waals surface area contributed by atoms with Crippen molar-refractivity contribution in [2.24, 2.45) is 23.7 Å². The van der Waals surface area contributed by atoms with Gasteiger partial charge in [-0.3, -0.25) is 33.8 Å². The number of alkyl halides is 2. The first-order valence-electron chi connectivity index (χ1n) is 32.8. The largest absolute Gasteiger partial charge is 0.504 e. The van der Waals surface area contributed by atoms with Crippen molar-refractivity contribution in [3.05, 3.63) is 70.8 Å². The van der Waals surface area contributed by atoms with Gasteiger partial charge < -0.3 is 55.6 Å². The zero-order valence-corrected chi connectivity index (χ0v) is 52.5. The number of benzene rings is 2. The number of nitrogens with zero attached hydrogens (tertiary/aromatic N) is 5. The summed E-state index contributed by atoms with van der Waals surface area (Å²) in [6.45, 7) is 15.1. The van der Waals surface area contributed by atoms with Crippen LogP contribution in [0.5, 0.6) is 11.5 Å². The molecule has 4 aliphatic carbocycles. The Morgan fingerprint density at radius 2 is 1.49 bits per heavy atom. The van der Waals surface area contributed by atoms with Gasteiger partial charge in [-0.25, -0.2) is 8.78 Å². The van der Waals surface area contributed by atoms with E-state index in [-0.39, 0.29) is 135 Å². The average Bonchev–Trinajstić information content (AvgIpc) is 1.44. The summed E-state index contributed by atoms with van der Waals surface area (Å²) in [5, 5.41) is 47.9. The highest BCUT2D eigenvalue weighted by atomic mass is 19.3. The summed E-state index contributed by atoms with van der Waals surface area (Å²) in [7, 11) is 0. The number of halogens is 2. The van der Waals surface area contributed by atoms with E-state index in [4.69, 9.17) is 14.2 Å². The first kappa shape index (κ1) is 65.2. The Morgan fingerprint density at radius 1 is 0.818 bits per heavy atom. The Hall–Kier alpha value is -5.81. The highest BCUT2D eigenvalue weighted by Gasteiger charge is 2.73. The van der Waals surface area contributed by atoms with Crippen LogP contribution in [0.25, 0.3) is 0 Å². The minimum Gasteiger partial charge on any atom is -0.504 e. The number of likely N-dealkylation sites (tertiary alicyclic amines) is 2. The van der Waals surface area contributed by atoms with Crippen LogP contribution in [0.15, 0.2) is 42.5 Å². The Balaban J connectivity index is 0.597. The van der Waals surface area contributed by atoms with Crippen LogP contribution in [-0.4, -0.2) is 172 Å². The molecule has 5 amide bonds. The lowest BCUT2D eigenvalue weighted by molar-refractivity contribution is -0.192. The molecule has 3 aromatic rings. The van der Waals surface area contributed by atoms with Crippen molar-refractivity contribution in [3.63, 3.8) is 0 Å². The number of phenolic OH excluding ortho intramolecular Hbond substituents is 1. The van der Waals surface area contributed by atoms with Gasteiger partial charge in [0.25, 0.3) is 0 Å². The number of hydrogen-bond donors (Lipinski definition) is 7. The van der Waals surface area contributed by atoms with E-state index in [0.29, 0.717) is 76.2 Å². The number of aliphatic hydroxyl groups is 1. The monoisotopic (exact) mass is 1230 g/mol. The van der Waals surface area contributed by atoms with Crippen molar-refractivity contribution < 1.29 is 57.2 Å². The first-order valence-corrected chi connectivity index (χ1v) is 32.8. The number of carbonyl (C=O) groups excluding carboxylic acids is 5. The van der Waals surface area contributed by atoms with Crippen LogP contribution in [0.3, 0.4) is 0 Å². The summed E-state index contributed by atoms with van der Waals surface area (Å²) >= 11 is 0. The van der Waals surface area contributed by atoms with E-state index in [0.717, 1.165) is 67.2 Å². The molecular formula is C66H96F2N10O10. The number of nitrogens with one attached hydrogen (secondary N) is 5. The molecule has 1 aromatic heterocycles. The quantitative estimate of drug-likeness (QED) is 0.0402. The Morgan fingerprint density at radius 3 is 2.15 bits per heavy atom. The van der Waals surface area contributed by atoms with E-state index in [2.05, 4.69) is 78.8 Å². The fourth-order valence-electron chi connectivity index (χ4n) is 15.9. The van der Waals surface area contributed by atoms with Crippen molar-refractivity contribution in [3.8, 4) is 11.5 Å². The van der Waals surface area contributed by atoms with Crippen molar-refractivity contribution >= 4 is 29.5 Å². The predicted octanol–water partition coefficient (Wildman–Crippen LogP) is 6.32. The van der Waals surface area contributed by atoms with Gasteiger partial charge in [-0.1, -0.05) is 71.0 Å². The molecule has 3 aliphatic heterocycles. The van der Waals surface area contributed by atoms with Crippen LogP contribution in [0.2, 0.25) is 0 Å². The molecule has 1 spiro atoms. The van der Waals surface area contributed by atoms with E-state index in [9.17, 15) is 43.0 Å². The fraction of sp³-hybridized carbons (Fsp3) is 0.712. The fourth-order valence-corrected chi connectivity index (χ4v) is 15.9. The number of amides is 5. The number of carbonyl (C=O) groups is 5. The van der Waals surface area contributed by atoms with Crippen molar-refractivity contribution in [1.29, 1.82) is 0 Å². The number of phenols is 1. The maximum absolute atomic E-state index is 13.9. The zero-order chi connectivity index (χ0) is 62.5. The molecule has 11 atom stereocenters. The van der Waals surface area contributed by atoms with Crippen LogP contribution in [0.4, 0.5) is 8.78 Å². The molecule has 5 fully saturated rings. The Kier molecular flexibility index (Phi) is 20.8. The summed E-state index contributed by atoms with van der Waals surface area (Å²) in [6.07, 6.45) is 8.62. The van der Waals surface area contributed by atoms with E-state index < -0.39 is 35.0 Å². The van der Waals surface area contributed by atoms with Crippen molar-refractivity contribution in [2.45, 2.75) is 209 Å². The second kappa shape index (κ2) is 28.1. The van der Waals surface area contributed by atoms with Gasteiger partial charge >= 0.3 is 0 Å². The molecule has 484 valence electrons. The Labute approximate surface area is 517 Å². The number of piperidine rings is 2. The van der Waals surface area contributed by atoms with Gasteiger partial charge in [-0.05, 0) is 132 Å². The van der Waals surface area contributed by atoms with Crippen LogP contribution >= 0.6 is 0 Å². The van der Waals surface area contributed by atoms with Crippen molar-refractivity contribution in [1.82, 2.24) is 51.1 Å². The molecule has 2 aromatic carbocycles. The van der Waals surface area contributed by atoms with Gasteiger partial charge in [0.1, 0.15) is 44.2 Å². The lowest BCUT2D eigenvalue weighted by Crippen LogP contribution is -2.78. The molecule has 22 heteroatoms. The molecule has 0 radical (unpaired) electrons. The predicted molar refractivity (Wildman–Crippen MR) is 326 cm³/mol. The molecule has 2 saturated heterocycles. The number of hydrogen-bond acceptors (Lipinski definition) is 14. The van der Waals surface area contributed by atoms with Crippen LogP contribution in [-0.2, 0) is 51.7 Å². The zero-order valence-electron chi connectivity index (χ0n) is 52.5. The second-order valence-corrected chi connectivity index (χ2v) is 27.3. The lowest BCUT2D eigenvalue weighted by atomic mass is 9.48. The van der Waals surface area contributed by atoms with Crippen LogP contribution in [0.1, 0.15) is 178 Å². The average molecular weight is 1230 g/mol. The summed E-state index contributed by atoms with van der Waals surface area (Å²) in [5.41, 5.74) is 1.18. The molecule has 6 unspecified atom stereocenters. The third kappa shape index (κ3) is 14.7. The van der Waals surface area contributed by atoms with Crippen LogP contribution < -0.4 is 31.3 Å². The molecule has 3 saturated carbocycles. The van der Waals surface area contributed by atoms with Gasteiger partial charge in [0.2, 0.25) is 35.5 Å². The maximum Gasteiger partial charge on any atom is 0.248 e. The molecule has 10 rings (SSSR count). The summed E-state index contributed by atoms with van der Waals surface area (Å²) < 4.78 is 47.8. The number of aromatic nitrogens is 3. The Bertz CT molecular complexity index is 2920. The van der Waals surface area contributed by atoms with Gasteiger partial charge in [0.15, 0.2) is 11.5 Å². The highest BCUT2D eigenvalue weighted by Crippen LogP contribution is 2.65. The SMILES string of the molecule is CCC1CC(n2c(CCNC(=O)COCC(=O)NCC(C)CC(C)CNC(=O)COCC(=O)NC3CC[C@@]4(O)[C@H]5Cc6ccc(O)c7c6[C@@]4(CCN5CC4CC4)[C@H]3O7)nnc2C(C)C)CC(C)N1CC[C@H](NC(=O)C1CCC(F)(F)CC1)c1ccccc1. The van der Waals surface area contributed by atoms with Gasteiger partial charge in [-0.2, -0.15) is 0 Å². The molecule has 7 aliphatic rings. The smallest absolute Gasteiger partial charge is 0.248 e. The summed E-state index contributed by atoms with van der Waals surface area (Å²) in [5.74, 6) is -1.58. The van der Waals surface area contributed by atoms with Gasteiger partial charge in [0.05, 0.1) is 23.1 Å². The second-order valence-electron chi connectivity index (χ2n) is 27.3. The van der Waals surface area contributed by atoms with E-state index in [1.807, 2.05) is 50.2 Å². The molecule has 4 heterocycles. The minimum atomic E-state index is -2.70. The third-order valence-electron chi connectivity index (χ3n) is 20.4.